The Bertz CT molecular complexity index is 717. The van der Waals surface area contributed by atoms with E-state index in [1.54, 1.807) is 24.4 Å². The van der Waals surface area contributed by atoms with E-state index in [1.165, 1.54) is 4.57 Å². The highest BCUT2D eigenvalue weighted by Gasteiger charge is 2.49. The van der Waals surface area contributed by atoms with Gasteiger partial charge in [-0.3, -0.25) is 24.0 Å². The highest BCUT2D eigenvalue weighted by atomic mass is 16.2. The molecule has 1 aromatic rings. The summed E-state index contributed by atoms with van der Waals surface area (Å²) in [4.78, 5) is 42.7. The van der Waals surface area contributed by atoms with E-state index in [2.05, 4.69) is 10.3 Å². The molecule has 2 rings (SSSR count). The highest BCUT2D eigenvalue weighted by Crippen LogP contribution is 2.24. The fraction of sp³-hybridized carbons (Fsp3) is 0.529. The van der Waals surface area contributed by atoms with E-state index < -0.39 is 11.6 Å². The van der Waals surface area contributed by atoms with Crippen molar-refractivity contribution in [3.05, 3.63) is 29.9 Å². The zero-order valence-electron chi connectivity index (χ0n) is 14.6. The van der Waals surface area contributed by atoms with Gasteiger partial charge in [-0.15, -0.1) is 0 Å². The number of aromatic nitrogens is 1. The lowest BCUT2D eigenvalue weighted by Crippen LogP contribution is -2.46. The Morgan fingerprint density at radius 1 is 1.25 bits per heavy atom. The van der Waals surface area contributed by atoms with E-state index in [1.807, 2.05) is 27.7 Å². The van der Waals surface area contributed by atoms with Gasteiger partial charge in [0.25, 0.3) is 11.8 Å². The average Bonchev–Trinajstić information content (AvgIpc) is 2.79. The molecule has 1 aliphatic heterocycles. The fourth-order valence-electron chi connectivity index (χ4n) is 2.78. The topological polar surface area (TPSA) is 83.8 Å². The normalized spacial score (nSPS) is 17.5. The maximum absolute atomic E-state index is 12.6. The number of imide groups is 1. The average molecular weight is 332 g/mol. The smallest absolute Gasteiger partial charge is 0.323 e. The SMILES string of the molecule is CCC1(CC)NC(=O)N(CC(=O)n2ccccc2=NC(C)C)C1=O. The first-order valence-electron chi connectivity index (χ1n) is 8.23. The summed E-state index contributed by atoms with van der Waals surface area (Å²) in [7, 11) is 0. The summed E-state index contributed by atoms with van der Waals surface area (Å²) < 4.78 is 1.37. The Kier molecular flexibility index (Phi) is 5.21. The Balaban J connectivity index is 2.29. The van der Waals surface area contributed by atoms with E-state index >= 15 is 0 Å². The molecule has 0 unspecified atom stereocenters. The van der Waals surface area contributed by atoms with Gasteiger partial charge in [-0.25, -0.2) is 4.79 Å². The van der Waals surface area contributed by atoms with Gasteiger partial charge in [0, 0.05) is 12.2 Å². The molecule has 0 aliphatic carbocycles. The van der Waals surface area contributed by atoms with Gasteiger partial charge in [-0.1, -0.05) is 19.9 Å². The molecule has 130 valence electrons. The molecule has 1 aliphatic rings. The van der Waals surface area contributed by atoms with Crippen LogP contribution in [0.25, 0.3) is 0 Å². The second-order valence-corrected chi connectivity index (χ2v) is 6.16. The molecule has 1 saturated heterocycles. The van der Waals surface area contributed by atoms with Crippen molar-refractivity contribution < 1.29 is 14.4 Å². The van der Waals surface area contributed by atoms with Crippen molar-refractivity contribution in [3.63, 3.8) is 0 Å². The number of amides is 3. The van der Waals surface area contributed by atoms with Crippen LogP contribution in [0.5, 0.6) is 0 Å². The van der Waals surface area contributed by atoms with Crippen LogP contribution < -0.4 is 10.8 Å². The van der Waals surface area contributed by atoms with Crippen LogP contribution in [0.1, 0.15) is 45.3 Å². The number of carbonyl (C=O) groups is 3. The zero-order chi connectivity index (χ0) is 17.9. The minimum Gasteiger partial charge on any atom is -0.323 e. The molecule has 1 N–H and O–H groups in total. The fourth-order valence-corrected chi connectivity index (χ4v) is 2.78. The molecule has 2 heterocycles. The number of carbonyl (C=O) groups excluding carboxylic acids is 3. The van der Waals surface area contributed by atoms with Crippen LogP contribution in [0, 0.1) is 0 Å². The van der Waals surface area contributed by atoms with Gasteiger partial charge in [0.15, 0.2) is 0 Å². The van der Waals surface area contributed by atoms with Crippen LogP contribution in [-0.2, 0) is 4.79 Å². The molecule has 1 fully saturated rings. The van der Waals surface area contributed by atoms with E-state index in [0.29, 0.717) is 18.3 Å². The van der Waals surface area contributed by atoms with Gasteiger partial charge in [-0.05, 0) is 38.8 Å². The second-order valence-electron chi connectivity index (χ2n) is 6.16. The minimum absolute atomic E-state index is 0.0241. The third-order valence-electron chi connectivity index (χ3n) is 4.24. The summed E-state index contributed by atoms with van der Waals surface area (Å²) in [5.41, 5.74) is -0.397. The molecule has 7 nitrogen and oxygen atoms in total. The molecule has 0 saturated carbocycles. The van der Waals surface area contributed by atoms with E-state index in [-0.39, 0.29) is 24.4 Å². The third kappa shape index (κ3) is 3.25. The van der Waals surface area contributed by atoms with Gasteiger partial charge in [0.2, 0.25) is 0 Å². The van der Waals surface area contributed by atoms with E-state index in [4.69, 9.17) is 0 Å². The highest BCUT2D eigenvalue weighted by molar-refractivity contribution is 6.09. The van der Waals surface area contributed by atoms with Crippen molar-refractivity contribution in [2.24, 2.45) is 4.99 Å². The molecule has 0 spiro atoms. The molecule has 3 amide bonds. The molecule has 1 aromatic heterocycles. The van der Waals surface area contributed by atoms with Crippen molar-refractivity contribution in [2.75, 3.05) is 6.54 Å². The minimum atomic E-state index is -0.899. The number of pyridine rings is 1. The molecular formula is C17H24N4O3. The first-order chi connectivity index (χ1) is 11.3. The zero-order valence-corrected chi connectivity index (χ0v) is 14.6. The van der Waals surface area contributed by atoms with Gasteiger partial charge in [-0.2, -0.15) is 0 Å². The Labute approximate surface area is 141 Å². The molecule has 0 atom stereocenters. The molecule has 0 aromatic carbocycles. The number of hydrogen-bond donors (Lipinski definition) is 1. The molecule has 0 radical (unpaired) electrons. The number of nitrogens with zero attached hydrogens (tertiary/aromatic N) is 3. The summed E-state index contributed by atoms with van der Waals surface area (Å²) in [5, 5.41) is 2.72. The summed E-state index contributed by atoms with van der Waals surface area (Å²) in [6.45, 7) is 7.21. The van der Waals surface area contributed by atoms with Crippen LogP contribution in [0.3, 0.4) is 0 Å². The predicted molar refractivity (Wildman–Crippen MR) is 89.3 cm³/mol. The van der Waals surface area contributed by atoms with Crippen molar-refractivity contribution in [1.29, 1.82) is 0 Å². The number of hydrogen-bond acceptors (Lipinski definition) is 4. The maximum Gasteiger partial charge on any atom is 0.325 e. The summed E-state index contributed by atoms with van der Waals surface area (Å²) in [5.74, 6) is -0.716. The number of urea groups is 1. The van der Waals surface area contributed by atoms with Crippen molar-refractivity contribution in [3.8, 4) is 0 Å². The predicted octanol–water partition coefficient (Wildman–Crippen LogP) is 1.55. The second kappa shape index (κ2) is 6.98. The Morgan fingerprint density at radius 2 is 1.92 bits per heavy atom. The maximum atomic E-state index is 12.6. The standard InChI is InChI=1S/C17H24N4O3/c1-5-17(6-2)15(23)21(16(24)19-17)11-14(22)20-10-8-7-9-13(20)18-12(3)4/h7-10,12H,5-6,11H2,1-4H3,(H,19,24). The van der Waals surface area contributed by atoms with Crippen LogP contribution >= 0.6 is 0 Å². The van der Waals surface area contributed by atoms with Gasteiger partial charge < -0.3 is 5.32 Å². The van der Waals surface area contributed by atoms with Gasteiger partial charge >= 0.3 is 6.03 Å². The lowest BCUT2D eigenvalue weighted by Gasteiger charge is -2.23. The lowest BCUT2D eigenvalue weighted by atomic mass is 9.93. The van der Waals surface area contributed by atoms with Crippen molar-refractivity contribution in [1.82, 2.24) is 14.8 Å². The monoisotopic (exact) mass is 332 g/mol. The largest absolute Gasteiger partial charge is 0.325 e. The molecule has 24 heavy (non-hydrogen) atoms. The first-order valence-corrected chi connectivity index (χ1v) is 8.23. The summed E-state index contributed by atoms with van der Waals surface area (Å²) in [6, 6.07) is 4.74. The van der Waals surface area contributed by atoms with Gasteiger partial charge in [0.05, 0.1) is 0 Å². The van der Waals surface area contributed by atoms with Crippen LogP contribution in [0.4, 0.5) is 4.79 Å². The van der Waals surface area contributed by atoms with Gasteiger partial charge in [0.1, 0.15) is 17.6 Å². The quantitative estimate of drug-likeness (QED) is 0.830. The van der Waals surface area contributed by atoms with E-state index in [9.17, 15) is 14.4 Å². The number of rotatable bonds is 5. The van der Waals surface area contributed by atoms with E-state index in [0.717, 1.165) is 4.90 Å². The summed E-state index contributed by atoms with van der Waals surface area (Å²) >= 11 is 0. The lowest BCUT2D eigenvalue weighted by molar-refractivity contribution is -0.131. The van der Waals surface area contributed by atoms with Crippen molar-refractivity contribution in [2.45, 2.75) is 52.1 Å². The molecular weight excluding hydrogens is 308 g/mol. The first kappa shape index (κ1) is 17.9. The summed E-state index contributed by atoms with van der Waals surface area (Å²) in [6.07, 6.45) is 2.57. The Morgan fingerprint density at radius 3 is 2.46 bits per heavy atom. The van der Waals surface area contributed by atoms with Crippen molar-refractivity contribution >= 4 is 17.8 Å². The Hall–Kier alpha value is -2.44. The van der Waals surface area contributed by atoms with Crippen LogP contribution in [0.2, 0.25) is 0 Å². The molecule has 0 bridgehead atoms. The third-order valence-corrected chi connectivity index (χ3v) is 4.24. The van der Waals surface area contributed by atoms with Crippen LogP contribution in [-0.4, -0.2) is 45.4 Å². The van der Waals surface area contributed by atoms with Crippen LogP contribution in [0.15, 0.2) is 29.4 Å². The molecule has 7 heteroatoms. The number of nitrogens with one attached hydrogen (secondary N) is 1.